The zero-order valence-corrected chi connectivity index (χ0v) is 16.7. The number of fused-ring (bicyclic) bond motifs is 1. The molecular formula is C20H23NO3S2. The van der Waals surface area contributed by atoms with Gasteiger partial charge in [0, 0.05) is 29.8 Å². The Morgan fingerprint density at radius 3 is 2.46 bits per heavy atom. The molecule has 0 fully saturated rings. The minimum absolute atomic E-state index is 0.107. The van der Waals surface area contributed by atoms with Crippen molar-refractivity contribution < 1.29 is 14.3 Å². The highest BCUT2D eigenvalue weighted by Gasteiger charge is 2.13. The van der Waals surface area contributed by atoms with Crippen LogP contribution < -0.4 is 9.47 Å². The van der Waals surface area contributed by atoms with Gasteiger partial charge in [0.25, 0.3) is 0 Å². The topological polar surface area (TPSA) is 38.8 Å². The average Bonchev–Trinajstić information content (AvgIpc) is 2.91. The molecule has 0 bridgehead atoms. The molecule has 26 heavy (non-hydrogen) atoms. The summed E-state index contributed by atoms with van der Waals surface area (Å²) in [5, 5.41) is 0. The Morgan fingerprint density at radius 1 is 1.04 bits per heavy atom. The minimum atomic E-state index is 0.107. The summed E-state index contributed by atoms with van der Waals surface area (Å²) in [4.78, 5) is 16.4. The van der Waals surface area contributed by atoms with E-state index in [9.17, 15) is 4.79 Å². The van der Waals surface area contributed by atoms with E-state index in [0.717, 1.165) is 28.4 Å². The maximum absolute atomic E-state index is 12.4. The highest BCUT2D eigenvalue weighted by molar-refractivity contribution is 8.00. The Kier molecular flexibility index (Phi) is 6.74. The van der Waals surface area contributed by atoms with Crippen molar-refractivity contribution >= 4 is 29.4 Å². The molecule has 1 amide bonds. The van der Waals surface area contributed by atoms with E-state index in [1.807, 2.05) is 25.2 Å². The van der Waals surface area contributed by atoms with Crippen molar-refractivity contribution in [1.82, 2.24) is 4.90 Å². The third-order valence-corrected chi connectivity index (χ3v) is 5.81. The number of carbonyl (C=O) groups is 1. The lowest BCUT2D eigenvalue weighted by Crippen LogP contribution is -2.27. The Bertz CT molecular complexity index is 749. The van der Waals surface area contributed by atoms with Crippen LogP contribution in [0.1, 0.15) is 12.0 Å². The molecule has 6 heteroatoms. The number of benzene rings is 2. The molecule has 138 valence electrons. The van der Waals surface area contributed by atoms with Crippen LogP contribution in [0, 0.1) is 0 Å². The van der Waals surface area contributed by atoms with Gasteiger partial charge in [-0.2, -0.15) is 0 Å². The fraction of sp³-hybridized carbons (Fsp3) is 0.350. The standard InChI is InChI=1S/C20H23NO3S2/c1-21(13-15-4-6-16(25-2)7-5-15)20(22)14-26-17-8-9-18-19(12-17)24-11-3-10-23-18/h4-9,12H,3,10-11,13-14H2,1-2H3. The summed E-state index contributed by atoms with van der Waals surface area (Å²) in [7, 11) is 1.85. The first-order chi connectivity index (χ1) is 12.7. The molecule has 0 spiro atoms. The van der Waals surface area contributed by atoms with E-state index in [-0.39, 0.29) is 5.91 Å². The quantitative estimate of drug-likeness (QED) is 0.688. The summed E-state index contributed by atoms with van der Waals surface area (Å²) in [5.41, 5.74) is 1.14. The summed E-state index contributed by atoms with van der Waals surface area (Å²) in [6, 6.07) is 14.2. The predicted molar refractivity (Wildman–Crippen MR) is 107 cm³/mol. The maximum atomic E-state index is 12.4. The lowest BCUT2D eigenvalue weighted by atomic mass is 10.2. The molecule has 2 aromatic rings. The van der Waals surface area contributed by atoms with Crippen molar-refractivity contribution in [2.24, 2.45) is 0 Å². The number of thioether (sulfide) groups is 2. The van der Waals surface area contributed by atoms with E-state index in [1.165, 1.54) is 16.7 Å². The van der Waals surface area contributed by atoms with Crippen molar-refractivity contribution in [3.8, 4) is 11.5 Å². The van der Waals surface area contributed by atoms with E-state index in [4.69, 9.17) is 9.47 Å². The molecule has 0 saturated carbocycles. The molecule has 1 heterocycles. The van der Waals surface area contributed by atoms with Gasteiger partial charge in [-0.15, -0.1) is 23.5 Å². The summed E-state index contributed by atoms with van der Waals surface area (Å²) in [5.74, 6) is 2.06. The van der Waals surface area contributed by atoms with E-state index in [2.05, 4.69) is 30.5 Å². The Labute approximate surface area is 163 Å². The van der Waals surface area contributed by atoms with Crippen LogP contribution in [0.15, 0.2) is 52.3 Å². The van der Waals surface area contributed by atoms with E-state index < -0.39 is 0 Å². The molecule has 0 saturated heterocycles. The van der Waals surface area contributed by atoms with Gasteiger partial charge >= 0.3 is 0 Å². The second kappa shape index (κ2) is 9.24. The molecule has 0 unspecified atom stereocenters. The fourth-order valence-corrected chi connectivity index (χ4v) is 3.86. The number of nitrogens with zero attached hydrogens (tertiary/aromatic N) is 1. The number of amides is 1. The van der Waals surface area contributed by atoms with Crippen LogP contribution >= 0.6 is 23.5 Å². The largest absolute Gasteiger partial charge is 0.490 e. The van der Waals surface area contributed by atoms with Gasteiger partial charge in [0.1, 0.15) is 0 Å². The number of rotatable bonds is 6. The third kappa shape index (κ3) is 5.11. The Hall–Kier alpha value is -1.79. The van der Waals surface area contributed by atoms with Gasteiger partial charge in [0.2, 0.25) is 5.91 Å². The monoisotopic (exact) mass is 389 g/mol. The van der Waals surface area contributed by atoms with Crippen molar-refractivity contribution in [2.45, 2.75) is 22.8 Å². The summed E-state index contributed by atoms with van der Waals surface area (Å²) in [6.07, 6.45) is 2.94. The van der Waals surface area contributed by atoms with E-state index >= 15 is 0 Å². The van der Waals surface area contributed by atoms with Crippen LogP contribution in [0.5, 0.6) is 11.5 Å². The van der Waals surface area contributed by atoms with Crippen LogP contribution in [0.25, 0.3) is 0 Å². The van der Waals surface area contributed by atoms with Crippen LogP contribution in [0.3, 0.4) is 0 Å². The molecule has 3 rings (SSSR count). The van der Waals surface area contributed by atoms with Gasteiger partial charge in [-0.1, -0.05) is 12.1 Å². The first-order valence-corrected chi connectivity index (χ1v) is 10.8. The second-order valence-electron chi connectivity index (χ2n) is 6.05. The SMILES string of the molecule is CSc1ccc(CN(C)C(=O)CSc2ccc3c(c2)OCCCO3)cc1. The molecule has 0 atom stereocenters. The van der Waals surface area contributed by atoms with Crippen LogP contribution in [-0.2, 0) is 11.3 Å². The Morgan fingerprint density at radius 2 is 1.73 bits per heavy atom. The first-order valence-electron chi connectivity index (χ1n) is 8.55. The molecule has 0 aromatic heterocycles. The smallest absolute Gasteiger partial charge is 0.232 e. The van der Waals surface area contributed by atoms with Crippen molar-refractivity contribution in [3.05, 3.63) is 48.0 Å². The summed E-state index contributed by atoms with van der Waals surface area (Å²) in [6.45, 7) is 1.97. The molecule has 1 aliphatic heterocycles. The average molecular weight is 390 g/mol. The van der Waals surface area contributed by atoms with Gasteiger partial charge in [-0.05, 0) is 42.2 Å². The molecule has 0 N–H and O–H groups in total. The van der Waals surface area contributed by atoms with Crippen LogP contribution in [-0.4, -0.2) is 43.1 Å². The predicted octanol–water partition coefficient (Wildman–Crippen LogP) is 4.32. The van der Waals surface area contributed by atoms with Crippen molar-refractivity contribution in [1.29, 1.82) is 0 Å². The minimum Gasteiger partial charge on any atom is -0.490 e. The molecular weight excluding hydrogens is 366 g/mol. The second-order valence-corrected chi connectivity index (χ2v) is 7.97. The third-order valence-electron chi connectivity index (χ3n) is 4.09. The summed E-state index contributed by atoms with van der Waals surface area (Å²) < 4.78 is 11.3. The normalized spacial score (nSPS) is 13.2. The van der Waals surface area contributed by atoms with Crippen molar-refractivity contribution in [2.75, 3.05) is 32.3 Å². The molecule has 0 aliphatic carbocycles. The first kappa shape index (κ1) is 19.0. The lowest BCUT2D eigenvalue weighted by molar-refractivity contribution is -0.127. The molecule has 2 aromatic carbocycles. The van der Waals surface area contributed by atoms with E-state index in [0.29, 0.717) is 25.5 Å². The fourth-order valence-electron chi connectivity index (χ4n) is 2.58. The highest BCUT2D eigenvalue weighted by atomic mass is 32.2. The van der Waals surface area contributed by atoms with E-state index in [1.54, 1.807) is 16.7 Å². The highest BCUT2D eigenvalue weighted by Crippen LogP contribution is 2.33. The van der Waals surface area contributed by atoms with Crippen molar-refractivity contribution in [3.63, 3.8) is 0 Å². The molecule has 4 nitrogen and oxygen atoms in total. The van der Waals surface area contributed by atoms with Gasteiger partial charge < -0.3 is 14.4 Å². The lowest BCUT2D eigenvalue weighted by Gasteiger charge is -2.17. The van der Waals surface area contributed by atoms with Gasteiger partial charge in [-0.25, -0.2) is 0 Å². The number of ether oxygens (including phenoxy) is 2. The molecule has 1 aliphatic rings. The van der Waals surface area contributed by atoms with Crippen LogP contribution in [0.2, 0.25) is 0 Å². The number of hydrogen-bond acceptors (Lipinski definition) is 5. The van der Waals surface area contributed by atoms with Gasteiger partial charge in [0.05, 0.1) is 19.0 Å². The maximum Gasteiger partial charge on any atom is 0.232 e. The zero-order chi connectivity index (χ0) is 18.4. The molecule has 0 radical (unpaired) electrons. The van der Waals surface area contributed by atoms with Gasteiger partial charge in [0.15, 0.2) is 11.5 Å². The van der Waals surface area contributed by atoms with Crippen LogP contribution in [0.4, 0.5) is 0 Å². The Balaban J connectivity index is 1.53. The number of carbonyl (C=O) groups excluding carboxylic acids is 1. The van der Waals surface area contributed by atoms with Gasteiger partial charge in [-0.3, -0.25) is 4.79 Å². The number of hydrogen-bond donors (Lipinski definition) is 0. The summed E-state index contributed by atoms with van der Waals surface area (Å²) >= 11 is 3.24. The zero-order valence-electron chi connectivity index (χ0n) is 15.1.